The van der Waals surface area contributed by atoms with Gasteiger partial charge in [0.15, 0.2) is 6.61 Å². The van der Waals surface area contributed by atoms with Gasteiger partial charge in [-0.2, -0.15) is 13.2 Å². The zero-order valence-corrected chi connectivity index (χ0v) is 16.6. The van der Waals surface area contributed by atoms with E-state index in [0.717, 1.165) is 55.6 Å². The quantitative estimate of drug-likeness (QED) is 0.730. The minimum atomic E-state index is -4.48. The fourth-order valence-electron chi connectivity index (χ4n) is 3.36. The van der Waals surface area contributed by atoms with Gasteiger partial charge < -0.3 is 15.0 Å². The lowest BCUT2D eigenvalue weighted by Gasteiger charge is -2.31. The van der Waals surface area contributed by atoms with Crippen LogP contribution in [0.1, 0.15) is 36.0 Å². The van der Waals surface area contributed by atoms with Crippen molar-refractivity contribution in [2.45, 2.75) is 39.3 Å². The van der Waals surface area contributed by atoms with E-state index in [9.17, 15) is 18.0 Å². The molecule has 0 spiro atoms. The molecule has 0 bridgehead atoms. The van der Waals surface area contributed by atoms with E-state index in [1.54, 1.807) is 6.07 Å². The first-order valence-electron chi connectivity index (χ1n) is 9.70. The van der Waals surface area contributed by atoms with Crippen molar-refractivity contribution in [1.29, 1.82) is 0 Å². The van der Waals surface area contributed by atoms with Gasteiger partial charge in [-0.25, -0.2) is 0 Å². The number of piperidine rings is 1. The maximum atomic E-state index is 13.2. The molecule has 1 heterocycles. The highest BCUT2D eigenvalue weighted by atomic mass is 19.4. The molecule has 1 saturated heterocycles. The lowest BCUT2D eigenvalue weighted by molar-refractivity contribution is -0.137. The summed E-state index contributed by atoms with van der Waals surface area (Å²) in [6.07, 6.45) is -1.42. The molecule has 0 aliphatic carbocycles. The number of anilines is 2. The number of halogens is 3. The van der Waals surface area contributed by atoms with Crippen LogP contribution in [0.15, 0.2) is 36.4 Å². The Hall–Kier alpha value is -2.70. The number of alkyl halides is 3. The summed E-state index contributed by atoms with van der Waals surface area (Å²) in [5.74, 6) is 0.0457. The van der Waals surface area contributed by atoms with E-state index in [1.165, 1.54) is 6.07 Å². The normalized spacial score (nSPS) is 14.6. The van der Waals surface area contributed by atoms with Crippen LogP contribution in [0.25, 0.3) is 0 Å². The largest absolute Gasteiger partial charge is 0.484 e. The van der Waals surface area contributed by atoms with Gasteiger partial charge in [-0.05, 0) is 74.6 Å². The summed E-state index contributed by atoms with van der Waals surface area (Å²) < 4.78 is 45.0. The van der Waals surface area contributed by atoms with Crippen LogP contribution in [0.2, 0.25) is 0 Å². The second-order valence-electron chi connectivity index (χ2n) is 7.36. The minimum absolute atomic E-state index is 0.162. The van der Waals surface area contributed by atoms with Crippen molar-refractivity contribution in [2.24, 2.45) is 0 Å². The molecule has 4 nitrogen and oxygen atoms in total. The molecule has 156 valence electrons. The molecule has 7 heteroatoms. The summed E-state index contributed by atoms with van der Waals surface area (Å²) in [7, 11) is 0. The van der Waals surface area contributed by atoms with Crippen molar-refractivity contribution in [2.75, 3.05) is 29.9 Å². The minimum Gasteiger partial charge on any atom is -0.484 e. The van der Waals surface area contributed by atoms with Gasteiger partial charge in [-0.3, -0.25) is 4.79 Å². The van der Waals surface area contributed by atoms with Crippen LogP contribution in [-0.2, 0) is 11.0 Å². The molecule has 0 atom stereocenters. The van der Waals surface area contributed by atoms with E-state index in [-0.39, 0.29) is 12.3 Å². The molecule has 0 aromatic heterocycles. The molecule has 1 N–H and O–H groups in total. The smallest absolute Gasteiger partial charge is 0.416 e. The van der Waals surface area contributed by atoms with E-state index in [2.05, 4.69) is 5.32 Å². The Morgan fingerprint density at radius 2 is 1.76 bits per heavy atom. The Morgan fingerprint density at radius 1 is 1.03 bits per heavy atom. The van der Waals surface area contributed by atoms with Crippen LogP contribution in [0, 0.1) is 13.8 Å². The number of amides is 1. The number of aryl methyl sites for hydroxylation is 2. The van der Waals surface area contributed by atoms with Crippen LogP contribution in [0.3, 0.4) is 0 Å². The number of benzene rings is 2. The van der Waals surface area contributed by atoms with Crippen molar-refractivity contribution in [1.82, 2.24) is 0 Å². The number of hydrogen-bond donors (Lipinski definition) is 1. The predicted octanol–water partition coefficient (Wildman–Crippen LogP) is 5.33. The van der Waals surface area contributed by atoms with Gasteiger partial charge >= 0.3 is 6.18 Å². The zero-order chi connectivity index (χ0) is 21.0. The topological polar surface area (TPSA) is 41.6 Å². The van der Waals surface area contributed by atoms with Crippen molar-refractivity contribution in [3.8, 4) is 5.75 Å². The van der Waals surface area contributed by atoms with Crippen LogP contribution in [-0.4, -0.2) is 25.6 Å². The van der Waals surface area contributed by atoms with Gasteiger partial charge in [0, 0.05) is 13.1 Å². The summed E-state index contributed by atoms with van der Waals surface area (Å²) >= 11 is 0. The first-order chi connectivity index (χ1) is 13.7. The summed E-state index contributed by atoms with van der Waals surface area (Å²) in [6.45, 7) is 5.15. The highest BCUT2D eigenvalue weighted by Crippen LogP contribution is 2.36. The Labute approximate surface area is 168 Å². The standard InChI is InChI=1S/C22H25F3N2O2/c1-15-6-8-18(12-16(15)2)29-14-21(28)26-19-13-17(22(23,24)25)7-9-20(19)27-10-4-3-5-11-27/h6-9,12-13H,3-5,10-11,14H2,1-2H3,(H,26,28). The zero-order valence-electron chi connectivity index (χ0n) is 16.6. The maximum absolute atomic E-state index is 13.2. The number of ether oxygens (including phenoxy) is 1. The number of nitrogens with zero attached hydrogens (tertiary/aromatic N) is 1. The summed E-state index contributed by atoms with van der Waals surface area (Å²) in [5, 5.41) is 2.61. The molecule has 1 fully saturated rings. The second-order valence-corrected chi connectivity index (χ2v) is 7.36. The number of hydrogen-bond acceptors (Lipinski definition) is 3. The molecular formula is C22H25F3N2O2. The Kier molecular flexibility index (Phi) is 6.35. The molecule has 0 saturated carbocycles. The molecule has 1 amide bonds. The third-order valence-corrected chi connectivity index (χ3v) is 5.14. The monoisotopic (exact) mass is 406 g/mol. The molecule has 29 heavy (non-hydrogen) atoms. The number of rotatable bonds is 5. The Morgan fingerprint density at radius 3 is 2.41 bits per heavy atom. The van der Waals surface area contributed by atoms with Gasteiger partial charge in [-0.1, -0.05) is 6.07 Å². The second kappa shape index (κ2) is 8.76. The fourth-order valence-corrected chi connectivity index (χ4v) is 3.36. The Bertz CT molecular complexity index is 875. The summed E-state index contributed by atoms with van der Waals surface area (Å²) in [5.41, 5.74) is 2.13. The molecule has 0 unspecified atom stereocenters. The van der Waals surface area contributed by atoms with Gasteiger partial charge in [-0.15, -0.1) is 0 Å². The van der Waals surface area contributed by atoms with Gasteiger partial charge in [0.25, 0.3) is 5.91 Å². The van der Waals surface area contributed by atoms with Crippen molar-refractivity contribution in [3.05, 3.63) is 53.1 Å². The predicted molar refractivity (Wildman–Crippen MR) is 108 cm³/mol. The summed E-state index contributed by atoms with van der Waals surface area (Å²) in [4.78, 5) is 14.4. The highest BCUT2D eigenvalue weighted by Gasteiger charge is 2.31. The fraction of sp³-hybridized carbons (Fsp3) is 0.409. The van der Waals surface area contributed by atoms with Crippen molar-refractivity contribution >= 4 is 17.3 Å². The average molecular weight is 406 g/mol. The molecule has 0 radical (unpaired) electrons. The molecule has 1 aliphatic rings. The first kappa shape index (κ1) is 21.0. The first-order valence-corrected chi connectivity index (χ1v) is 9.70. The molecule has 2 aromatic rings. The maximum Gasteiger partial charge on any atom is 0.416 e. The van der Waals surface area contributed by atoms with E-state index in [1.807, 2.05) is 30.9 Å². The van der Waals surface area contributed by atoms with Crippen molar-refractivity contribution < 1.29 is 22.7 Å². The lowest BCUT2D eigenvalue weighted by Crippen LogP contribution is -2.31. The van der Waals surface area contributed by atoms with E-state index in [0.29, 0.717) is 11.4 Å². The molecule has 3 rings (SSSR count). The van der Waals surface area contributed by atoms with Gasteiger partial charge in [0.2, 0.25) is 0 Å². The SMILES string of the molecule is Cc1ccc(OCC(=O)Nc2cc(C(F)(F)F)ccc2N2CCCCC2)cc1C. The summed E-state index contributed by atoms with van der Waals surface area (Å²) in [6, 6.07) is 8.98. The van der Waals surface area contributed by atoms with E-state index < -0.39 is 17.6 Å². The molecule has 2 aromatic carbocycles. The number of carbonyl (C=O) groups excluding carboxylic acids is 1. The Balaban J connectivity index is 1.75. The molecule has 1 aliphatic heterocycles. The highest BCUT2D eigenvalue weighted by molar-refractivity contribution is 5.95. The van der Waals surface area contributed by atoms with Gasteiger partial charge in [0.05, 0.1) is 16.9 Å². The number of nitrogens with one attached hydrogen (secondary N) is 1. The van der Waals surface area contributed by atoms with Crippen LogP contribution in [0.5, 0.6) is 5.75 Å². The lowest BCUT2D eigenvalue weighted by atomic mass is 10.1. The van der Waals surface area contributed by atoms with Crippen LogP contribution < -0.4 is 15.0 Å². The van der Waals surface area contributed by atoms with E-state index in [4.69, 9.17) is 4.74 Å². The van der Waals surface area contributed by atoms with Crippen LogP contribution >= 0.6 is 0 Å². The van der Waals surface area contributed by atoms with Crippen molar-refractivity contribution in [3.63, 3.8) is 0 Å². The molecular weight excluding hydrogens is 381 g/mol. The van der Waals surface area contributed by atoms with Crippen LogP contribution in [0.4, 0.5) is 24.5 Å². The third-order valence-electron chi connectivity index (χ3n) is 5.14. The average Bonchev–Trinajstić information content (AvgIpc) is 2.69. The van der Waals surface area contributed by atoms with E-state index >= 15 is 0 Å². The van der Waals surface area contributed by atoms with Gasteiger partial charge in [0.1, 0.15) is 5.75 Å². The third kappa shape index (κ3) is 5.43. The number of carbonyl (C=O) groups is 1.